The van der Waals surface area contributed by atoms with Crippen molar-refractivity contribution in [1.29, 1.82) is 5.26 Å². The lowest BCUT2D eigenvalue weighted by atomic mass is 10.1. The topological polar surface area (TPSA) is 45.9 Å². The molecular formula is C24H15F3N2OS. The van der Waals surface area contributed by atoms with Crippen LogP contribution in [0.1, 0.15) is 21.7 Å². The number of thiazole rings is 1. The molecule has 0 spiro atoms. The number of ether oxygens (including phenoxy) is 1. The molecule has 0 fully saturated rings. The van der Waals surface area contributed by atoms with Gasteiger partial charge in [-0.2, -0.15) is 18.4 Å². The average molecular weight is 436 g/mol. The summed E-state index contributed by atoms with van der Waals surface area (Å²) in [5.41, 5.74) is 1.57. The van der Waals surface area contributed by atoms with Crippen LogP contribution >= 0.6 is 11.3 Å². The van der Waals surface area contributed by atoms with Crippen LogP contribution in [0.5, 0.6) is 5.75 Å². The first-order valence-corrected chi connectivity index (χ1v) is 10.1. The van der Waals surface area contributed by atoms with Gasteiger partial charge < -0.3 is 4.74 Å². The highest BCUT2D eigenvalue weighted by Crippen LogP contribution is 2.34. The Morgan fingerprint density at radius 1 is 1.03 bits per heavy atom. The van der Waals surface area contributed by atoms with Gasteiger partial charge in [-0.05, 0) is 47.5 Å². The van der Waals surface area contributed by atoms with Gasteiger partial charge in [-0.1, -0.05) is 42.5 Å². The lowest BCUT2D eigenvalue weighted by Gasteiger charge is -2.06. The molecule has 7 heteroatoms. The van der Waals surface area contributed by atoms with Crippen LogP contribution < -0.4 is 4.74 Å². The smallest absolute Gasteiger partial charge is 0.416 e. The van der Waals surface area contributed by atoms with Crippen molar-refractivity contribution in [1.82, 2.24) is 4.98 Å². The number of allylic oxidation sites excluding steroid dienone is 1. The quantitative estimate of drug-likeness (QED) is 0.318. The van der Waals surface area contributed by atoms with Crippen LogP contribution in [0.15, 0.2) is 72.8 Å². The van der Waals surface area contributed by atoms with Crippen molar-refractivity contribution in [3.63, 3.8) is 0 Å². The predicted octanol–water partition coefficient (Wildman–Crippen LogP) is 6.96. The van der Waals surface area contributed by atoms with Gasteiger partial charge in [0.25, 0.3) is 0 Å². The number of nitriles is 1. The average Bonchev–Trinajstić information content (AvgIpc) is 3.20. The van der Waals surface area contributed by atoms with Crippen molar-refractivity contribution in [2.45, 2.75) is 12.8 Å². The van der Waals surface area contributed by atoms with E-state index in [1.807, 2.05) is 42.5 Å². The van der Waals surface area contributed by atoms with Crippen LogP contribution in [-0.2, 0) is 12.8 Å². The molecule has 0 aliphatic carbocycles. The molecule has 31 heavy (non-hydrogen) atoms. The lowest BCUT2D eigenvalue weighted by Crippen LogP contribution is -2.03. The maximum Gasteiger partial charge on any atom is 0.416 e. The summed E-state index contributed by atoms with van der Waals surface area (Å²) in [4.78, 5) is 4.24. The van der Waals surface area contributed by atoms with Gasteiger partial charge in [0.05, 0.1) is 21.4 Å². The van der Waals surface area contributed by atoms with Gasteiger partial charge in [0.1, 0.15) is 23.4 Å². The number of aromatic nitrogens is 1. The highest BCUT2D eigenvalue weighted by atomic mass is 32.1. The van der Waals surface area contributed by atoms with Gasteiger partial charge in [-0.3, -0.25) is 0 Å². The number of alkyl halides is 3. The maximum atomic E-state index is 12.9. The van der Waals surface area contributed by atoms with E-state index in [0.717, 1.165) is 23.3 Å². The van der Waals surface area contributed by atoms with E-state index in [0.29, 0.717) is 22.1 Å². The summed E-state index contributed by atoms with van der Waals surface area (Å²) in [6.07, 6.45) is -2.78. The van der Waals surface area contributed by atoms with Crippen molar-refractivity contribution in [2.24, 2.45) is 0 Å². The monoisotopic (exact) mass is 436 g/mol. The highest BCUT2D eigenvalue weighted by Gasteiger charge is 2.30. The second-order valence-corrected chi connectivity index (χ2v) is 7.74. The van der Waals surface area contributed by atoms with Gasteiger partial charge in [0.2, 0.25) is 0 Å². The third-order valence-corrected chi connectivity index (χ3v) is 5.57. The van der Waals surface area contributed by atoms with Gasteiger partial charge in [0.15, 0.2) is 0 Å². The summed E-state index contributed by atoms with van der Waals surface area (Å²) in [5.74, 6) is 0.694. The van der Waals surface area contributed by atoms with E-state index in [9.17, 15) is 18.4 Å². The molecule has 3 aromatic carbocycles. The summed E-state index contributed by atoms with van der Waals surface area (Å²) in [6.45, 7) is 0.449. The highest BCUT2D eigenvalue weighted by molar-refractivity contribution is 7.19. The second kappa shape index (κ2) is 8.62. The molecule has 0 unspecified atom stereocenters. The van der Waals surface area contributed by atoms with Crippen LogP contribution in [0.2, 0.25) is 0 Å². The number of fused-ring (bicyclic) bond motifs is 1. The zero-order valence-electron chi connectivity index (χ0n) is 16.1. The molecule has 1 heterocycles. The molecule has 4 aromatic rings. The molecular weight excluding hydrogens is 421 g/mol. The summed E-state index contributed by atoms with van der Waals surface area (Å²) < 4.78 is 45.1. The molecule has 0 N–H and O–H groups in total. The van der Waals surface area contributed by atoms with Gasteiger partial charge in [-0.15, -0.1) is 11.3 Å². The number of hydrogen-bond donors (Lipinski definition) is 0. The van der Waals surface area contributed by atoms with E-state index >= 15 is 0 Å². The van der Waals surface area contributed by atoms with Crippen LogP contribution in [0.25, 0.3) is 21.9 Å². The maximum absolute atomic E-state index is 12.9. The van der Waals surface area contributed by atoms with Gasteiger partial charge in [0, 0.05) is 0 Å². The van der Waals surface area contributed by atoms with Gasteiger partial charge >= 0.3 is 6.18 Å². The van der Waals surface area contributed by atoms with Crippen molar-refractivity contribution in [2.75, 3.05) is 0 Å². The summed E-state index contributed by atoms with van der Waals surface area (Å²) in [6, 6.07) is 22.5. The van der Waals surface area contributed by atoms with Crippen molar-refractivity contribution < 1.29 is 17.9 Å². The molecule has 1 aromatic heterocycles. The summed E-state index contributed by atoms with van der Waals surface area (Å²) >= 11 is 1.18. The molecule has 0 atom stereocenters. The third kappa shape index (κ3) is 4.93. The minimum atomic E-state index is -4.43. The third-order valence-electron chi connectivity index (χ3n) is 4.51. The van der Waals surface area contributed by atoms with Crippen molar-refractivity contribution >= 4 is 33.2 Å². The molecule has 3 nitrogen and oxygen atoms in total. The standard InChI is InChI=1S/C24H15F3N2OS/c25-24(26,27)19-8-11-22-21(13-19)29-23(31-22)18(14-28)12-16-6-9-20(10-7-16)30-15-17-4-2-1-3-5-17/h1-13H,15H2/b18-12+. The largest absolute Gasteiger partial charge is 0.489 e. The van der Waals surface area contributed by atoms with Crippen LogP contribution in [-0.4, -0.2) is 4.98 Å². The Bertz CT molecular complexity index is 1270. The second-order valence-electron chi connectivity index (χ2n) is 6.71. The fourth-order valence-corrected chi connectivity index (χ4v) is 3.84. The lowest BCUT2D eigenvalue weighted by molar-refractivity contribution is -0.137. The van der Waals surface area contributed by atoms with Crippen LogP contribution in [0.4, 0.5) is 13.2 Å². The first kappa shape index (κ1) is 20.6. The molecule has 0 aliphatic heterocycles. The number of benzene rings is 3. The number of hydrogen-bond acceptors (Lipinski definition) is 4. The van der Waals surface area contributed by atoms with E-state index in [1.165, 1.54) is 17.4 Å². The Morgan fingerprint density at radius 3 is 2.45 bits per heavy atom. The Labute approximate surface area is 180 Å². The van der Waals surface area contributed by atoms with E-state index in [4.69, 9.17) is 4.74 Å². The van der Waals surface area contributed by atoms with Crippen LogP contribution in [0.3, 0.4) is 0 Å². The SMILES string of the molecule is N#C/C(=C\c1ccc(OCc2ccccc2)cc1)c1nc2cc(C(F)(F)F)ccc2s1. The van der Waals surface area contributed by atoms with E-state index in [2.05, 4.69) is 11.1 Å². The molecule has 0 aliphatic rings. The van der Waals surface area contributed by atoms with Crippen molar-refractivity contribution in [3.8, 4) is 11.8 Å². The summed E-state index contributed by atoms with van der Waals surface area (Å²) in [7, 11) is 0. The molecule has 0 saturated heterocycles. The molecule has 4 rings (SSSR count). The normalized spacial score (nSPS) is 12.0. The minimum absolute atomic E-state index is 0.223. The van der Waals surface area contributed by atoms with E-state index in [-0.39, 0.29) is 11.1 Å². The fourth-order valence-electron chi connectivity index (χ4n) is 2.93. The molecule has 0 amide bonds. The molecule has 154 valence electrons. The Kier molecular flexibility index (Phi) is 5.74. The Hall–Kier alpha value is -3.63. The minimum Gasteiger partial charge on any atom is -0.489 e. The zero-order valence-corrected chi connectivity index (χ0v) is 16.9. The van der Waals surface area contributed by atoms with Crippen molar-refractivity contribution in [3.05, 3.63) is 94.5 Å². The predicted molar refractivity (Wildman–Crippen MR) is 115 cm³/mol. The Morgan fingerprint density at radius 2 is 1.77 bits per heavy atom. The first-order chi connectivity index (χ1) is 14.9. The molecule has 0 radical (unpaired) electrons. The molecule has 0 bridgehead atoms. The van der Waals surface area contributed by atoms with E-state index in [1.54, 1.807) is 18.2 Å². The number of rotatable bonds is 5. The zero-order chi connectivity index (χ0) is 21.8. The van der Waals surface area contributed by atoms with Gasteiger partial charge in [-0.25, -0.2) is 4.98 Å². The Balaban J connectivity index is 1.53. The first-order valence-electron chi connectivity index (χ1n) is 9.29. The number of nitrogens with zero attached hydrogens (tertiary/aromatic N) is 2. The van der Waals surface area contributed by atoms with E-state index < -0.39 is 11.7 Å². The fraction of sp³-hybridized carbons (Fsp3) is 0.0833. The molecule has 0 saturated carbocycles. The van der Waals surface area contributed by atoms with Crippen LogP contribution in [0, 0.1) is 11.3 Å². The summed E-state index contributed by atoms with van der Waals surface area (Å²) in [5, 5.41) is 9.93. The number of halogens is 3.